The molecule has 1 aromatic carbocycles. The molecule has 0 aliphatic rings. The fourth-order valence-electron chi connectivity index (χ4n) is 3.68. The Morgan fingerprint density at radius 2 is 1.91 bits per heavy atom. The lowest BCUT2D eigenvalue weighted by Crippen LogP contribution is -2.33. The molecule has 0 unspecified atom stereocenters. The van der Waals surface area contributed by atoms with Crippen LogP contribution in [0.5, 0.6) is 0 Å². The molecule has 3 aromatic rings. The number of rotatable bonds is 7. The van der Waals surface area contributed by atoms with Crippen LogP contribution in [0.25, 0.3) is 5.69 Å². The van der Waals surface area contributed by atoms with Gasteiger partial charge in [-0.3, -0.25) is 9.59 Å². The highest BCUT2D eigenvalue weighted by molar-refractivity contribution is 5.84. The number of hydrogen-bond donors (Lipinski definition) is 1. The Labute approximate surface area is 190 Å². The number of hydrazone groups is 1. The summed E-state index contributed by atoms with van der Waals surface area (Å²) in [4.78, 5) is 25.0. The normalized spacial score (nSPS) is 11.0. The zero-order valence-electron chi connectivity index (χ0n) is 18.8. The summed E-state index contributed by atoms with van der Waals surface area (Å²) in [5.74, 6) is -0.817. The van der Waals surface area contributed by atoms with Crippen molar-refractivity contribution < 1.29 is 13.9 Å². The standard InChI is InChI=1S/C24H24FN5O3/c1-15-9-19(14-33-4)22(11-26)24(32)29(15)13-23(31)28-27-12-18-10-16(2)30(17(18)3)21-7-5-20(25)6-8-21/h5-10,12H,13-14H2,1-4H3,(H,28,31)/b27-12-. The summed E-state index contributed by atoms with van der Waals surface area (Å²) in [5, 5.41) is 13.3. The molecule has 8 nitrogen and oxygen atoms in total. The van der Waals surface area contributed by atoms with Crippen LogP contribution in [0.2, 0.25) is 0 Å². The lowest BCUT2D eigenvalue weighted by Gasteiger charge is -2.12. The van der Waals surface area contributed by atoms with Crippen LogP contribution in [0, 0.1) is 37.9 Å². The number of aromatic nitrogens is 2. The van der Waals surface area contributed by atoms with Gasteiger partial charge < -0.3 is 13.9 Å². The van der Waals surface area contributed by atoms with Gasteiger partial charge in [0.15, 0.2) is 0 Å². The topological polar surface area (TPSA) is 101 Å². The summed E-state index contributed by atoms with van der Waals surface area (Å²) in [7, 11) is 1.48. The van der Waals surface area contributed by atoms with Crippen molar-refractivity contribution in [2.24, 2.45) is 5.10 Å². The zero-order chi connectivity index (χ0) is 24.1. The van der Waals surface area contributed by atoms with E-state index in [0.717, 1.165) is 22.6 Å². The molecule has 33 heavy (non-hydrogen) atoms. The molecule has 2 heterocycles. The van der Waals surface area contributed by atoms with E-state index in [4.69, 9.17) is 4.74 Å². The molecule has 2 aromatic heterocycles. The van der Waals surface area contributed by atoms with Crippen molar-refractivity contribution in [1.82, 2.24) is 14.6 Å². The minimum absolute atomic E-state index is 0.0491. The van der Waals surface area contributed by atoms with E-state index >= 15 is 0 Å². The number of ether oxygens (including phenoxy) is 1. The minimum Gasteiger partial charge on any atom is -0.380 e. The van der Waals surface area contributed by atoms with E-state index in [1.807, 2.05) is 30.6 Å². The second-order valence-corrected chi connectivity index (χ2v) is 7.55. The number of carbonyl (C=O) groups excluding carboxylic acids is 1. The van der Waals surface area contributed by atoms with E-state index in [-0.39, 0.29) is 24.5 Å². The van der Waals surface area contributed by atoms with Gasteiger partial charge >= 0.3 is 0 Å². The van der Waals surface area contributed by atoms with Crippen molar-refractivity contribution >= 4 is 12.1 Å². The molecule has 3 rings (SSSR count). The predicted octanol–water partition coefficient (Wildman–Crippen LogP) is 2.87. The third-order valence-electron chi connectivity index (χ3n) is 5.25. The number of nitriles is 1. The monoisotopic (exact) mass is 449 g/mol. The smallest absolute Gasteiger partial charge is 0.269 e. The van der Waals surface area contributed by atoms with Crippen LogP contribution >= 0.6 is 0 Å². The highest BCUT2D eigenvalue weighted by atomic mass is 19.1. The Hall–Kier alpha value is -4.03. The van der Waals surface area contributed by atoms with Crippen LogP contribution < -0.4 is 11.0 Å². The first-order chi connectivity index (χ1) is 15.8. The fourth-order valence-corrected chi connectivity index (χ4v) is 3.68. The summed E-state index contributed by atoms with van der Waals surface area (Å²) >= 11 is 0. The van der Waals surface area contributed by atoms with E-state index in [9.17, 15) is 19.2 Å². The Bertz CT molecular complexity index is 1310. The molecule has 0 radical (unpaired) electrons. The quantitative estimate of drug-likeness (QED) is 0.443. The molecule has 0 aliphatic heterocycles. The molecule has 1 N–H and O–H groups in total. The van der Waals surface area contributed by atoms with Crippen molar-refractivity contribution in [2.75, 3.05) is 7.11 Å². The maximum absolute atomic E-state index is 13.2. The van der Waals surface area contributed by atoms with Gasteiger partial charge in [0.1, 0.15) is 24.0 Å². The third-order valence-corrected chi connectivity index (χ3v) is 5.25. The fraction of sp³-hybridized carbons (Fsp3) is 0.250. The van der Waals surface area contributed by atoms with Gasteiger partial charge in [-0.1, -0.05) is 0 Å². The van der Waals surface area contributed by atoms with Crippen molar-refractivity contribution in [3.05, 3.63) is 86.3 Å². The minimum atomic E-state index is -0.550. The van der Waals surface area contributed by atoms with E-state index in [1.165, 1.54) is 30.0 Å². The number of hydrogen-bond acceptors (Lipinski definition) is 5. The first kappa shape index (κ1) is 23.6. The number of carbonyl (C=O) groups is 1. The summed E-state index contributed by atoms with van der Waals surface area (Å²) in [6, 6.07) is 11.6. The van der Waals surface area contributed by atoms with Crippen LogP contribution in [0.15, 0.2) is 46.3 Å². The largest absolute Gasteiger partial charge is 0.380 e. The van der Waals surface area contributed by atoms with Crippen LogP contribution in [-0.2, 0) is 22.7 Å². The summed E-state index contributed by atoms with van der Waals surface area (Å²) in [5.41, 5.74) is 6.23. The maximum Gasteiger partial charge on any atom is 0.269 e. The van der Waals surface area contributed by atoms with E-state index in [1.54, 1.807) is 25.1 Å². The number of benzene rings is 1. The van der Waals surface area contributed by atoms with Crippen LogP contribution in [0.4, 0.5) is 4.39 Å². The van der Waals surface area contributed by atoms with E-state index in [2.05, 4.69) is 10.5 Å². The van der Waals surface area contributed by atoms with Crippen LogP contribution in [0.1, 0.15) is 33.8 Å². The lowest BCUT2D eigenvalue weighted by molar-refractivity contribution is -0.121. The Balaban J connectivity index is 1.75. The number of pyridine rings is 1. The molecule has 9 heteroatoms. The number of amides is 1. The summed E-state index contributed by atoms with van der Waals surface area (Å²) in [6.45, 7) is 5.35. The maximum atomic E-state index is 13.2. The summed E-state index contributed by atoms with van der Waals surface area (Å²) < 4.78 is 21.5. The molecular formula is C24H24FN5O3. The van der Waals surface area contributed by atoms with Gasteiger partial charge in [0.05, 0.1) is 12.8 Å². The summed E-state index contributed by atoms with van der Waals surface area (Å²) in [6.07, 6.45) is 1.51. The third kappa shape index (κ3) is 5.07. The molecule has 0 fully saturated rings. The number of nitrogens with one attached hydrogen (secondary N) is 1. The molecule has 0 spiro atoms. The van der Waals surface area contributed by atoms with Gasteiger partial charge in [0.25, 0.3) is 11.5 Å². The van der Waals surface area contributed by atoms with Gasteiger partial charge in [-0.15, -0.1) is 0 Å². The molecule has 1 amide bonds. The van der Waals surface area contributed by atoms with Crippen molar-refractivity contribution in [1.29, 1.82) is 5.26 Å². The number of nitrogens with zero attached hydrogens (tertiary/aromatic N) is 4. The molecule has 0 saturated carbocycles. The zero-order valence-corrected chi connectivity index (χ0v) is 18.8. The average molecular weight is 449 g/mol. The second kappa shape index (κ2) is 10.1. The SMILES string of the molecule is COCc1cc(C)n(CC(=O)N/N=C\c2cc(C)n(-c3ccc(F)cc3)c2C)c(=O)c1C#N. The van der Waals surface area contributed by atoms with E-state index in [0.29, 0.717) is 11.3 Å². The van der Waals surface area contributed by atoms with Gasteiger partial charge in [-0.25, -0.2) is 9.82 Å². The van der Waals surface area contributed by atoms with Crippen molar-refractivity contribution in [3.63, 3.8) is 0 Å². The average Bonchev–Trinajstić information content (AvgIpc) is 3.05. The predicted molar refractivity (Wildman–Crippen MR) is 122 cm³/mol. The van der Waals surface area contributed by atoms with Gasteiger partial charge in [0.2, 0.25) is 0 Å². The van der Waals surface area contributed by atoms with Crippen LogP contribution in [-0.4, -0.2) is 28.4 Å². The molecule has 0 atom stereocenters. The first-order valence-electron chi connectivity index (χ1n) is 10.2. The van der Waals surface area contributed by atoms with Crippen LogP contribution in [0.3, 0.4) is 0 Å². The molecule has 0 aliphatic carbocycles. The van der Waals surface area contributed by atoms with Crippen molar-refractivity contribution in [3.8, 4) is 11.8 Å². The first-order valence-corrected chi connectivity index (χ1v) is 10.2. The lowest BCUT2D eigenvalue weighted by atomic mass is 10.1. The Morgan fingerprint density at radius 3 is 2.55 bits per heavy atom. The van der Waals surface area contributed by atoms with Gasteiger partial charge in [-0.05, 0) is 57.2 Å². The highest BCUT2D eigenvalue weighted by Crippen LogP contribution is 2.20. The number of methoxy groups -OCH3 is 1. The molecule has 0 saturated heterocycles. The van der Waals surface area contributed by atoms with Gasteiger partial charge in [0, 0.05) is 41.0 Å². The molecular weight excluding hydrogens is 425 g/mol. The second-order valence-electron chi connectivity index (χ2n) is 7.55. The van der Waals surface area contributed by atoms with Gasteiger partial charge in [-0.2, -0.15) is 10.4 Å². The Morgan fingerprint density at radius 1 is 1.21 bits per heavy atom. The molecule has 170 valence electrons. The van der Waals surface area contributed by atoms with E-state index < -0.39 is 11.5 Å². The highest BCUT2D eigenvalue weighted by Gasteiger charge is 2.15. The number of aryl methyl sites for hydroxylation is 2. The number of halogens is 1. The Kier molecular flexibility index (Phi) is 7.20. The van der Waals surface area contributed by atoms with Crippen molar-refractivity contribution in [2.45, 2.75) is 33.9 Å². The molecule has 0 bridgehead atoms.